The number of nitrogens with one attached hydrogen (secondary N) is 2. The van der Waals surface area contributed by atoms with E-state index < -0.39 is 0 Å². The van der Waals surface area contributed by atoms with Crippen LogP contribution in [0.1, 0.15) is 26.3 Å². The van der Waals surface area contributed by atoms with Gasteiger partial charge in [-0.1, -0.05) is 30.3 Å². The van der Waals surface area contributed by atoms with E-state index in [1.54, 1.807) is 42.7 Å². The molecular formula is C20H16ClN3O2. The maximum absolute atomic E-state index is 12.4. The Morgan fingerprint density at radius 2 is 1.85 bits per heavy atom. The van der Waals surface area contributed by atoms with Crippen LogP contribution in [0.15, 0.2) is 67.0 Å². The van der Waals surface area contributed by atoms with Crippen LogP contribution in [0, 0.1) is 0 Å². The van der Waals surface area contributed by atoms with Gasteiger partial charge in [0.05, 0.1) is 11.3 Å². The van der Waals surface area contributed by atoms with Crippen LogP contribution in [0.3, 0.4) is 0 Å². The molecule has 2 aromatic carbocycles. The van der Waals surface area contributed by atoms with Crippen molar-refractivity contribution in [1.82, 2.24) is 10.3 Å². The van der Waals surface area contributed by atoms with Gasteiger partial charge >= 0.3 is 0 Å². The minimum Gasteiger partial charge on any atom is -0.348 e. The summed E-state index contributed by atoms with van der Waals surface area (Å²) in [4.78, 5) is 28.9. The van der Waals surface area contributed by atoms with Crippen molar-refractivity contribution in [1.29, 1.82) is 0 Å². The minimum absolute atomic E-state index is 0. The fraction of sp³-hybridized carbons (Fsp3) is 0.0500. The number of carbonyl (C=O) groups excluding carboxylic acids is 2. The first kappa shape index (κ1) is 17.6. The van der Waals surface area contributed by atoms with Gasteiger partial charge < -0.3 is 10.6 Å². The van der Waals surface area contributed by atoms with Crippen molar-refractivity contribution in [3.05, 3.63) is 83.7 Å². The van der Waals surface area contributed by atoms with Crippen LogP contribution >= 0.6 is 12.4 Å². The zero-order chi connectivity index (χ0) is 17.2. The smallest absolute Gasteiger partial charge is 0.255 e. The molecule has 0 saturated heterocycles. The normalized spacial score (nSPS) is 11.9. The standard InChI is InChI=1S/C20H15N3O2.ClH/c24-19(13-5-2-1-3-6-13)23-17-9-8-15(14-7-4-10-21-11-14)16-12-22-20(25)18(16)17;/h1-11H,12H2,(H,22,25)(H,23,24);1H. The zero-order valence-electron chi connectivity index (χ0n) is 13.7. The van der Waals surface area contributed by atoms with Crippen molar-refractivity contribution in [2.45, 2.75) is 6.54 Å². The Morgan fingerprint density at radius 3 is 2.58 bits per heavy atom. The lowest BCUT2D eigenvalue weighted by atomic mass is 9.96. The molecule has 6 heteroatoms. The van der Waals surface area contributed by atoms with Gasteiger partial charge in [-0.2, -0.15) is 0 Å². The summed E-state index contributed by atoms with van der Waals surface area (Å²) in [7, 11) is 0. The number of amides is 2. The van der Waals surface area contributed by atoms with Crippen molar-refractivity contribution < 1.29 is 9.59 Å². The van der Waals surface area contributed by atoms with E-state index in [2.05, 4.69) is 15.6 Å². The van der Waals surface area contributed by atoms with Crippen LogP contribution in [0.4, 0.5) is 5.69 Å². The predicted molar refractivity (Wildman–Crippen MR) is 102 cm³/mol. The number of hydrogen-bond acceptors (Lipinski definition) is 3. The maximum atomic E-state index is 12.4. The van der Waals surface area contributed by atoms with Crippen LogP contribution in [0.2, 0.25) is 0 Å². The second-order valence-electron chi connectivity index (χ2n) is 5.76. The molecule has 2 amide bonds. The molecule has 1 aliphatic rings. The lowest BCUT2D eigenvalue weighted by Gasteiger charge is -2.12. The van der Waals surface area contributed by atoms with Gasteiger partial charge in [-0.25, -0.2) is 0 Å². The van der Waals surface area contributed by atoms with Crippen molar-refractivity contribution >= 4 is 29.9 Å². The SMILES string of the molecule is Cl.O=C(Nc1ccc(-c2cccnc2)c2c1C(=O)NC2)c1ccccc1. The monoisotopic (exact) mass is 365 g/mol. The molecule has 4 rings (SSSR count). The van der Waals surface area contributed by atoms with E-state index in [0.717, 1.165) is 16.7 Å². The van der Waals surface area contributed by atoms with Gasteiger partial charge in [-0.15, -0.1) is 12.4 Å². The largest absolute Gasteiger partial charge is 0.348 e. The molecule has 130 valence electrons. The number of aromatic nitrogens is 1. The molecule has 0 fully saturated rings. The van der Waals surface area contributed by atoms with Crippen molar-refractivity contribution in [2.75, 3.05) is 5.32 Å². The number of nitrogens with zero attached hydrogens (tertiary/aromatic N) is 1. The molecule has 0 aliphatic carbocycles. The molecule has 5 nitrogen and oxygen atoms in total. The van der Waals surface area contributed by atoms with Crippen molar-refractivity contribution in [2.24, 2.45) is 0 Å². The number of hydrogen-bond donors (Lipinski definition) is 2. The van der Waals surface area contributed by atoms with E-state index in [1.165, 1.54) is 0 Å². The van der Waals surface area contributed by atoms with Crippen molar-refractivity contribution in [3.8, 4) is 11.1 Å². The number of fused-ring (bicyclic) bond motifs is 1. The number of anilines is 1. The minimum atomic E-state index is -0.239. The molecule has 2 heterocycles. The summed E-state index contributed by atoms with van der Waals surface area (Å²) in [5, 5.41) is 5.69. The van der Waals surface area contributed by atoms with Crippen LogP contribution < -0.4 is 10.6 Å². The van der Waals surface area contributed by atoms with E-state index in [4.69, 9.17) is 0 Å². The Hall–Kier alpha value is -3.18. The summed E-state index contributed by atoms with van der Waals surface area (Å²) >= 11 is 0. The average molecular weight is 366 g/mol. The lowest BCUT2D eigenvalue weighted by molar-refractivity contribution is 0.0966. The number of carbonyl (C=O) groups is 2. The van der Waals surface area contributed by atoms with E-state index in [0.29, 0.717) is 23.4 Å². The third-order valence-corrected chi connectivity index (χ3v) is 4.22. The summed E-state index contributed by atoms with van der Waals surface area (Å²) in [5.74, 6) is -0.416. The Balaban J connectivity index is 0.00000196. The molecule has 0 atom stereocenters. The average Bonchev–Trinajstić information content (AvgIpc) is 3.06. The van der Waals surface area contributed by atoms with Crippen LogP contribution in [0.5, 0.6) is 0 Å². The molecule has 0 radical (unpaired) electrons. The molecule has 0 saturated carbocycles. The van der Waals surface area contributed by atoms with Crippen LogP contribution in [-0.2, 0) is 6.54 Å². The lowest BCUT2D eigenvalue weighted by Crippen LogP contribution is -2.17. The first-order valence-electron chi connectivity index (χ1n) is 7.95. The Bertz CT molecular complexity index is 960. The van der Waals surface area contributed by atoms with Crippen LogP contribution in [0.25, 0.3) is 11.1 Å². The molecule has 0 unspecified atom stereocenters. The predicted octanol–water partition coefficient (Wildman–Crippen LogP) is 3.67. The van der Waals surface area contributed by atoms with E-state index >= 15 is 0 Å². The molecule has 2 N–H and O–H groups in total. The van der Waals surface area contributed by atoms with Gasteiger partial charge in [0.2, 0.25) is 0 Å². The zero-order valence-corrected chi connectivity index (χ0v) is 14.5. The summed E-state index contributed by atoms with van der Waals surface area (Å²) in [6, 6.07) is 16.4. The molecule has 26 heavy (non-hydrogen) atoms. The van der Waals surface area contributed by atoms with Gasteiger partial charge in [-0.05, 0) is 35.4 Å². The maximum Gasteiger partial charge on any atom is 0.255 e. The first-order valence-corrected chi connectivity index (χ1v) is 7.95. The highest BCUT2D eigenvalue weighted by Gasteiger charge is 2.26. The first-order chi connectivity index (χ1) is 12.2. The third kappa shape index (κ3) is 3.17. The third-order valence-electron chi connectivity index (χ3n) is 4.22. The quantitative estimate of drug-likeness (QED) is 0.744. The molecule has 1 aromatic heterocycles. The van der Waals surface area contributed by atoms with Crippen molar-refractivity contribution in [3.63, 3.8) is 0 Å². The summed E-state index contributed by atoms with van der Waals surface area (Å²) in [6.07, 6.45) is 3.47. The number of benzene rings is 2. The number of rotatable bonds is 3. The van der Waals surface area contributed by atoms with Gasteiger partial charge in [0.15, 0.2) is 0 Å². The molecule has 0 spiro atoms. The van der Waals surface area contributed by atoms with E-state index in [1.807, 2.05) is 24.3 Å². The highest BCUT2D eigenvalue weighted by molar-refractivity contribution is 6.11. The van der Waals surface area contributed by atoms with E-state index in [9.17, 15) is 9.59 Å². The second-order valence-corrected chi connectivity index (χ2v) is 5.76. The number of pyridine rings is 1. The highest BCUT2D eigenvalue weighted by Crippen LogP contribution is 2.33. The van der Waals surface area contributed by atoms with Gasteiger partial charge in [0.25, 0.3) is 11.8 Å². The Morgan fingerprint density at radius 1 is 1.04 bits per heavy atom. The second kappa shape index (κ2) is 7.37. The van der Waals surface area contributed by atoms with Gasteiger partial charge in [-0.3, -0.25) is 14.6 Å². The summed E-state index contributed by atoms with van der Waals surface area (Å²) in [6.45, 7) is 0.438. The Kier molecular flexibility index (Phi) is 5.00. The van der Waals surface area contributed by atoms with Gasteiger partial charge in [0.1, 0.15) is 0 Å². The molecule has 0 bridgehead atoms. The topological polar surface area (TPSA) is 71.1 Å². The number of halogens is 1. The van der Waals surface area contributed by atoms with Crippen LogP contribution in [-0.4, -0.2) is 16.8 Å². The molecular weight excluding hydrogens is 350 g/mol. The summed E-state index contributed by atoms with van der Waals surface area (Å²) < 4.78 is 0. The van der Waals surface area contributed by atoms with Gasteiger partial charge in [0, 0.05) is 30.1 Å². The highest BCUT2D eigenvalue weighted by atomic mass is 35.5. The molecule has 1 aliphatic heterocycles. The Labute approximate surface area is 156 Å². The summed E-state index contributed by atoms with van der Waals surface area (Å²) in [5.41, 5.74) is 4.35. The fourth-order valence-electron chi connectivity index (χ4n) is 3.03. The van der Waals surface area contributed by atoms with E-state index in [-0.39, 0.29) is 24.2 Å². The molecule has 3 aromatic rings. The fourth-order valence-corrected chi connectivity index (χ4v) is 3.03.